The summed E-state index contributed by atoms with van der Waals surface area (Å²) in [6, 6.07) is 13.1. The van der Waals surface area contributed by atoms with Crippen molar-refractivity contribution in [3.63, 3.8) is 0 Å². The van der Waals surface area contributed by atoms with Crippen molar-refractivity contribution in [2.45, 2.75) is 46.7 Å². The smallest absolute Gasteiger partial charge is 0.294 e. The van der Waals surface area contributed by atoms with E-state index >= 15 is 0 Å². The van der Waals surface area contributed by atoms with Crippen molar-refractivity contribution in [3.8, 4) is 5.75 Å². The first kappa shape index (κ1) is 29.1. The molecule has 1 aromatic carbocycles. The van der Waals surface area contributed by atoms with E-state index in [0.717, 1.165) is 29.6 Å². The minimum Gasteiger partial charge on any atom is -0.493 e. The van der Waals surface area contributed by atoms with E-state index in [2.05, 4.69) is 10.3 Å². The molecule has 0 saturated heterocycles. The molecule has 0 saturated carbocycles. The Kier molecular flexibility index (Phi) is 8.44. The maximum Gasteiger partial charge on any atom is 0.294 e. The van der Waals surface area contributed by atoms with Crippen LogP contribution < -0.4 is 25.4 Å². The number of fused-ring (bicyclic) bond motifs is 2. The molecule has 4 heterocycles. The van der Waals surface area contributed by atoms with Crippen LogP contribution in [0, 0.1) is 5.41 Å². The third-order valence-corrected chi connectivity index (χ3v) is 7.78. The number of ether oxygens (including phenoxy) is 1. The summed E-state index contributed by atoms with van der Waals surface area (Å²) < 4.78 is 13.0. The number of hydrogen-bond donors (Lipinski definition) is 1. The molecule has 42 heavy (non-hydrogen) atoms. The van der Waals surface area contributed by atoms with E-state index < -0.39 is 5.41 Å². The van der Waals surface area contributed by atoms with E-state index in [0.29, 0.717) is 55.4 Å². The minimum absolute atomic E-state index is 0.138. The average molecular weight is 572 g/mol. The number of nitrogens with zero attached hydrogens (tertiary/aromatic N) is 4. The highest BCUT2D eigenvalue weighted by atomic mass is 16.5. The molecule has 10 nitrogen and oxygen atoms in total. The first-order valence-electron chi connectivity index (χ1n) is 14.3. The fourth-order valence-corrected chi connectivity index (χ4v) is 5.33. The average Bonchev–Trinajstić information content (AvgIpc) is 3.47. The lowest BCUT2D eigenvalue weighted by Gasteiger charge is -2.27. The number of aromatic nitrogens is 2. The Morgan fingerprint density at radius 2 is 1.88 bits per heavy atom. The predicted molar refractivity (Wildman–Crippen MR) is 162 cm³/mol. The predicted octanol–water partition coefficient (Wildman–Crippen LogP) is 4.15. The molecule has 3 aromatic heterocycles. The van der Waals surface area contributed by atoms with Gasteiger partial charge in [-0.1, -0.05) is 6.07 Å². The molecule has 220 valence electrons. The van der Waals surface area contributed by atoms with E-state index in [4.69, 9.17) is 9.15 Å². The van der Waals surface area contributed by atoms with Crippen LogP contribution in [0.25, 0.3) is 11.0 Å². The molecular weight excluding hydrogens is 534 g/mol. The summed E-state index contributed by atoms with van der Waals surface area (Å²) in [6.45, 7) is 8.10. The van der Waals surface area contributed by atoms with E-state index in [1.807, 2.05) is 43.3 Å². The summed E-state index contributed by atoms with van der Waals surface area (Å²) >= 11 is 0. The Morgan fingerprint density at radius 3 is 2.69 bits per heavy atom. The highest BCUT2D eigenvalue weighted by molar-refractivity contribution is 6.20. The lowest BCUT2D eigenvalue weighted by atomic mass is 9.90. The molecule has 2 amide bonds. The molecule has 4 aromatic rings. The number of aryl methyl sites for hydroxylation is 2. The number of hydrogen-bond acceptors (Lipinski definition) is 7. The van der Waals surface area contributed by atoms with Crippen LogP contribution in [0.15, 0.2) is 70.3 Å². The van der Waals surface area contributed by atoms with Crippen molar-refractivity contribution in [2.75, 3.05) is 36.5 Å². The van der Waals surface area contributed by atoms with Gasteiger partial charge in [0.2, 0.25) is 11.8 Å². The number of benzene rings is 1. The van der Waals surface area contributed by atoms with Crippen molar-refractivity contribution in [2.24, 2.45) is 5.41 Å². The first-order chi connectivity index (χ1) is 20.2. The normalized spacial score (nSPS) is 14.8. The Morgan fingerprint density at radius 1 is 1.05 bits per heavy atom. The van der Waals surface area contributed by atoms with Gasteiger partial charge in [-0.05, 0) is 69.6 Å². The van der Waals surface area contributed by atoms with Crippen LogP contribution in [0.1, 0.15) is 38.4 Å². The van der Waals surface area contributed by atoms with Gasteiger partial charge in [0.15, 0.2) is 5.58 Å². The van der Waals surface area contributed by atoms with Crippen LogP contribution in [-0.2, 0) is 29.1 Å². The topological polar surface area (TPSA) is 110 Å². The summed E-state index contributed by atoms with van der Waals surface area (Å²) in [5.41, 5.74) is 2.48. The summed E-state index contributed by atoms with van der Waals surface area (Å²) in [7, 11) is 1.70. The van der Waals surface area contributed by atoms with Gasteiger partial charge >= 0.3 is 0 Å². The first-order valence-corrected chi connectivity index (χ1v) is 14.3. The Labute approximate surface area is 244 Å². The number of pyridine rings is 2. The number of anilines is 2. The Balaban J connectivity index is 1.13. The summed E-state index contributed by atoms with van der Waals surface area (Å²) in [4.78, 5) is 46.5. The van der Waals surface area contributed by atoms with E-state index in [9.17, 15) is 14.4 Å². The van der Waals surface area contributed by atoms with Crippen molar-refractivity contribution >= 4 is 34.2 Å². The molecule has 0 radical (unpaired) electrons. The van der Waals surface area contributed by atoms with Crippen LogP contribution in [0.4, 0.5) is 11.4 Å². The lowest BCUT2D eigenvalue weighted by molar-refractivity contribution is -0.137. The van der Waals surface area contributed by atoms with Gasteiger partial charge in [0.05, 0.1) is 24.2 Å². The minimum atomic E-state index is -1.14. The van der Waals surface area contributed by atoms with Crippen molar-refractivity contribution in [1.29, 1.82) is 0 Å². The number of nitrogens with one attached hydrogen (secondary N) is 1. The van der Waals surface area contributed by atoms with Crippen molar-refractivity contribution < 1.29 is 18.7 Å². The summed E-state index contributed by atoms with van der Waals surface area (Å²) in [5, 5.41) is 4.26. The van der Waals surface area contributed by atoms with Crippen molar-refractivity contribution in [1.82, 2.24) is 14.9 Å². The standard InChI is InChI=1S/C32H37N5O5/c1-5-37-26-10-9-24(20-27(26)35(4)30(39)32(2,3)31(37)40)41-18-7-14-33-21-23-8-6-15-34-25(23)12-17-36-16-11-22-13-19-42-28(22)29(36)38/h6,8-11,13,15-16,19-20,33H,5,7,12,14,17-18,21H2,1-4H3. The van der Waals surface area contributed by atoms with Crippen LogP contribution >= 0.6 is 0 Å². The molecule has 1 aliphatic heterocycles. The Bertz CT molecular complexity index is 1660. The second-order valence-electron chi connectivity index (χ2n) is 10.9. The van der Waals surface area contributed by atoms with Gasteiger partial charge in [-0.25, -0.2) is 0 Å². The SMILES string of the molecule is CCN1C(=O)C(C)(C)C(=O)N(C)c2cc(OCCCNCc3cccnc3CCn3ccc4ccoc4c3=O)ccc21. The number of amides is 2. The van der Waals surface area contributed by atoms with Gasteiger partial charge < -0.3 is 28.8 Å². The lowest BCUT2D eigenvalue weighted by Crippen LogP contribution is -2.47. The number of rotatable bonds is 11. The molecule has 0 bridgehead atoms. The number of carbonyl (C=O) groups is 2. The van der Waals surface area contributed by atoms with Crippen LogP contribution in [0.2, 0.25) is 0 Å². The van der Waals surface area contributed by atoms with E-state index in [1.165, 1.54) is 6.26 Å². The molecule has 1 N–H and O–H groups in total. The fraction of sp³-hybridized carbons (Fsp3) is 0.375. The molecule has 0 fully saturated rings. The van der Waals surface area contributed by atoms with Crippen molar-refractivity contribution in [3.05, 3.63) is 82.7 Å². The molecule has 10 heteroatoms. The largest absolute Gasteiger partial charge is 0.493 e. The highest BCUT2D eigenvalue weighted by Crippen LogP contribution is 2.40. The molecule has 0 aliphatic carbocycles. The van der Waals surface area contributed by atoms with E-state index in [-0.39, 0.29) is 17.4 Å². The van der Waals surface area contributed by atoms with Crippen LogP contribution in [0.5, 0.6) is 5.75 Å². The summed E-state index contributed by atoms with van der Waals surface area (Å²) in [5.74, 6) is 0.196. The third-order valence-electron chi connectivity index (χ3n) is 7.78. The highest BCUT2D eigenvalue weighted by Gasteiger charge is 2.45. The van der Waals surface area contributed by atoms with E-state index in [1.54, 1.807) is 53.7 Å². The van der Waals surface area contributed by atoms with Gasteiger partial charge in [0.25, 0.3) is 5.56 Å². The molecule has 0 unspecified atom stereocenters. The molecule has 5 rings (SSSR count). The second kappa shape index (κ2) is 12.2. The van der Waals surface area contributed by atoms with Gasteiger partial charge in [0.1, 0.15) is 11.2 Å². The van der Waals surface area contributed by atoms with Gasteiger partial charge in [0, 0.05) is 62.6 Å². The second-order valence-corrected chi connectivity index (χ2v) is 10.9. The zero-order valence-corrected chi connectivity index (χ0v) is 24.6. The van der Waals surface area contributed by atoms with Gasteiger partial charge in [-0.3, -0.25) is 19.4 Å². The molecular formula is C32H37N5O5. The quantitative estimate of drug-likeness (QED) is 0.213. The molecule has 1 aliphatic rings. The van der Waals surface area contributed by atoms with Gasteiger partial charge in [-0.2, -0.15) is 0 Å². The van der Waals surface area contributed by atoms with Crippen LogP contribution in [-0.4, -0.2) is 48.1 Å². The maximum absolute atomic E-state index is 13.1. The fourth-order valence-electron chi connectivity index (χ4n) is 5.33. The van der Waals surface area contributed by atoms with Crippen LogP contribution in [0.3, 0.4) is 0 Å². The zero-order chi connectivity index (χ0) is 29.9. The zero-order valence-electron chi connectivity index (χ0n) is 24.6. The number of furan rings is 1. The summed E-state index contributed by atoms with van der Waals surface area (Å²) in [6.07, 6.45) is 6.49. The molecule has 0 atom stereocenters. The monoisotopic (exact) mass is 571 g/mol. The molecule has 0 spiro atoms. The maximum atomic E-state index is 13.1. The third kappa shape index (κ3) is 5.67. The Hall–Kier alpha value is -4.44. The van der Waals surface area contributed by atoms with Gasteiger partial charge in [-0.15, -0.1) is 0 Å². The number of carbonyl (C=O) groups excluding carboxylic acids is 2.